The number of hydrogen-bond donors (Lipinski definition) is 2. The molecule has 2 aromatic carbocycles. The van der Waals surface area contributed by atoms with E-state index in [0.29, 0.717) is 24.5 Å². The molecule has 25 heavy (non-hydrogen) atoms. The van der Waals surface area contributed by atoms with E-state index in [0.717, 1.165) is 24.0 Å². The molecule has 2 atom stereocenters. The summed E-state index contributed by atoms with van der Waals surface area (Å²) in [7, 11) is 0. The molecule has 0 unspecified atom stereocenters. The minimum atomic E-state index is -0.432. The molecule has 1 heterocycles. The van der Waals surface area contributed by atoms with Crippen LogP contribution < -0.4 is 5.32 Å². The Hall–Kier alpha value is -2.04. The zero-order chi connectivity index (χ0) is 17.6. The number of rotatable bonds is 4. The number of amides is 2. The first-order chi connectivity index (χ1) is 12.1. The van der Waals surface area contributed by atoms with Crippen molar-refractivity contribution in [1.82, 2.24) is 10.2 Å². The van der Waals surface area contributed by atoms with Gasteiger partial charge in [0.15, 0.2) is 0 Å². The minimum absolute atomic E-state index is 0.139. The number of urea groups is 1. The van der Waals surface area contributed by atoms with Crippen LogP contribution in [0.2, 0.25) is 5.02 Å². The molecule has 1 aliphatic heterocycles. The highest BCUT2D eigenvalue weighted by Gasteiger charge is 2.24. The Morgan fingerprint density at radius 1 is 1.20 bits per heavy atom. The number of hydrogen-bond acceptors (Lipinski definition) is 2. The van der Waals surface area contributed by atoms with Gasteiger partial charge in [0.2, 0.25) is 0 Å². The summed E-state index contributed by atoms with van der Waals surface area (Å²) in [6.07, 6.45) is 1.77. The van der Waals surface area contributed by atoms with E-state index in [1.165, 1.54) is 0 Å². The van der Waals surface area contributed by atoms with Gasteiger partial charge < -0.3 is 15.3 Å². The third-order valence-corrected chi connectivity index (χ3v) is 4.93. The van der Waals surface area contributed by atoms with E-state index >= 15 is 0 Å². The minimum Gasteiger partial charge on any atom is -0.391 e. The highest BCUT2D eigenvalue weighted by atomic mass is 35.5. The summed E-state index contributed by atoms with van der Waals surface area (Å²) in [5, 5.41) is 13.6. The van der Waals surface area contributed by atoms with E-state index in [1.807, 2.05) is 54.6 Å². The predicted octanol–water partition coefficient (Wildman–Crippen LogP) is 3.79. The van der Waals surface area contributed by atoms with Crippen molar-refractivity contribution in [3.05, 3.63) is 70.7 Å². The van der Waals surface area contributed by atoms with Gasteiger partial charge in [0.05, 0.1) is 12.1 Å². The number of β-amino-alcohol motifs (C(OH)–C–C–N with tert-alkyl or cyclic N) is 1. The Balaban J connectivity index is 1.77. The average molecular weight is 359 g/mol. The predicted molar refractivity (Wildman–Crippen MR) is 99.7 cm³/mol. The summed E-state index contributed by atoms with van der Waals surface area (Å²) in [4.78, 5) is 14.4. The van der Waals surface area contributed by atoms with E-state index in [-0.39, 0.29) is 12.1 Å². The molecule has 2 aromatic rings. The zero-order valence-corrected chi connectivity index (χ0v) is 14.8. The van der Waals surface area contributed by atoms with Crippen LogP contribution in [0.1, 0.15) is 30.0 Å². The van der Waals surface area contributed by atoms with Crippen molar-refractivity contribution in [3.63, 3.8) is 0 Å². The summed E-state index contributed by atoms with van der Waals surface area (Å²) in [6, 6.07) is 17.3. The smallest absolute Gasteiger partial charge is 0.317 e. The Kier molecular flexibility index (Phi) is 5.95. The van der Waals surface area contributed by atoms with Gasteiger partial charge in [-0.05, 0) is 36.5 Å². The fourth-order valence-electron chi connectivity index (χ4n) is 3.20. The summed E-state index contributed by atoms with van der Waals surface area (Å²) < 4.78 is 0. The maximum Gasteiger partial charge on any atom is 0.317 e. The lowest BCUT2D eigenvalue weighted by Crippen LogP contribution is -2.48. The van der Waals surface area contributed by atoms with Crippen LogP contribution in [0, 0.1) is 0 Å². The lowest BCUT2D eigenvalue weighted by molar-refractivity contribution is 0.0833. The van der Waals surface area contributed by atoms with E-state index in [9.17, 15) is 9.90 Å². The van der Waals surface area contributed by atoms with Gasteiger partial charge in [-0.3, -0.25) is 0 Å². The van der Waals surface area contributed by atoms with E-state index < -0.39 is 6.10 Å². The first-order valence-electron chi connectivity index (χ1n) is 8.65. The second-order valence-electron chi connectivity index (χ2n) is 6.45. The van der Waals surface area contributed by atoms with Gasteiger partial charge in [0.1, 0.15) is 0 Å². The van der Waals surface area contributed by atoms with Gasteiger partial charge in [0.25, 0.3) is 0 Å². The maximum atomic E-state index is 12.7. The standard InChI is InChI=1S/C20H23ClN2O2/c21-18-11-5-4-9-16(18)13-19(15-7-2-1-3-8-15)22-20(25)23-12-6-10-17(24)14-23/h1-5,7-9,11,17,19,24H,6,10,12-14H2,(H,22,25)/t17-,19-/m1/s1. The molecule has 1 saturated heterocycles. The molecule has 1 fully saturated rings. The topological polar surface area (TPSA) is 52.6 Å². The normalized spacial score (nSPS) is 18.6. The Bertz CT molecular complexity index is 708. The number of carbonyl (C=O) groups excluding carboxylic acids is 1. The van der Waals surface area contributed by atoms with E-state index in [4.69, 9.17) is 11.6 Å². The van der Waals surface area contributed by atoms with E-state index in [1.54, 1.807) is 4.90 Å². The fraction of sp³-hybridized carbons (Fsp3) is 0.350. The number of carbonyl (C=O) groups is 1. The maximum absolute atomic E-state index is 12.7. The second-order valence-corrected chi connectivity index (χ2v) is 6.86. The number of halogens is 1. The molecule has 0 aliphatic carbocycles. The van der Waals surface area contributed by atoms with Crippen LogP contribution in [-0.2, 0) is 6.42 Å². The van der Waals surface area contributed by atoms with Crippen LogP contribution in [0.15, 0.2) is 54.6 Å². The highest BCUT2D eigenvalue weighted by Crippen LogP contribution is 2.24. The summed E-state index contributed by atoms with van der Waals surface area (Å²) >= 11 is 6.30. The Morgan fingerprint density at radius 2 is 1.92 bits per heavy atom. The monoisotopic (exact) mass is 358 g/mol. The van der Waals surface area contributed by atoms with Crippen molar-refractivity contribution in [1.29, 1.82) is 0 Å². The van der Waals surface area contributed by atoms with Gasteiger partial charge in [-0.1, -0.05) is 60.1 Å². The molecule has 2 amide bonds. The van der Waals surface area contributed by atoms with Crippen molar-refractivity contribution < 1.29 is 9.90 Å². The number of aliphatic hydroxyl groups excluding tert-OH is 1. The van der Waals surface area contributed by atoms with Gasteiger partial charge in [0, 0.05) is 18.1 Å². The lowest BCUT2D eigenvalue weighted by Gasteiger charge is -2.32. The number of benzene rings is 2. The zero-order valence-electron chi connectivity index (χ0n) is 14.1. The van der Waals surface area contributed by atoms with Crippen LogP contribution in [0.4, 0.5) is 4.79 Å². The third-order valence-electron chi connectivity index (χ3n) is 4.57. The third kappa shape index (κ3) is 4.74. The van der Waals surface area contributed by atoms with Gasteiger partial charge >= 0.3 is 6.03 Å². The van der Waals surface area contributed by atoms with Crippen molar-refractivity contribution >= 4 is 17.6 Å². The molecule has 0 saturated carbocycles. The summed E-state index contributed by atoms with van der Waals surface area (Å²) in [5.41, 5.74) is 2.03. The van der Waals surface area contributed by atoms with Gasteiger partial charge in [-0.2, -0.15) is 0 Å². The number of likely N-dealkylation sites (tertiary alicyclic amines) is 1. The van der Waals surface area contributed by atoms with Crippen molar-refractivity contribution in [2.45, 2.75) is 31.4 Å². The highest BCUT2D eigenvalue weighted by molar-refractivity contribution is 6.31. The van der Waals surface area contributed by atoms with Crippen molar-refractivity contribution in [2.24, 2.45) is 0 Å². The molecule has 0 radical (unpaired) electrons. The van der Waals surface area contributed by atoms with Crippen molar-refractivity contribution in [3.8, 4) is 0 Å². The summed E-state index contributed by atoms with van der Waals surface area (Å²) in [6.45, 7) is 1.07. The molecule has 1 aliphatic rings. The molecule has 3 rings (SSSR count). The second kappa shape index (κ2) is 8.37. The molecular formula is C20H23ClN2O2. The van der Waals surface area contributed by atoms with Crippen LogP contribution in [-0.4, -0.2) is 35.2 Å². The van der Waals surface area contributed by atoms with Gasteiger partial charge in [-0.15, -0.1) is 0 Å². The number of nitrogens with one attached hydrogen (secondary N) is 1. The summed E-state index contributed by atoms with van der Waals surface area (Å²) in [5.74, 6) is 0. The molecule has 2 N–H and O–H groups in total. The fourth-order valence-corrected chi connectivity index (χ4v) is 3.41. The SMILES string of the molecule is O=C(N[C@H](Cc1ccccc1Cl)c1ccccc1)N1CCC[C@@H](O)C1. The average Bonchev–Trinajstić information content (AvgIpc) is 2.63. The molecule has 0 bridgehead atoms. The van der Waals surface area contributed by atoms with Gasteiger partial charge in [-0.25, -0.2) is 4.79 Å². The molecule has 132 valence electrons. The first kappa shape index (κ1) is 17.8. The van der Waals surface area contributed by atoms with E-state index in [2.05, 4.69) is 5.32 Å². The molecule has 4 nitrogen and oxygen atoms in total. The lowest BCUT2D eigenvalue weighted by atomic mass is 9.99. The van der Waals surface area contributed by atoms with Crippen molar-refractivity contribution in [2.75, 3.05) is 13.1 Å². The van der Waals surface area contributed by atoms with Crippen LogP contribution in [0.25, 0.3) is 0 Å². The van der Waals surface area contributed by atoms with Crippen LogP contribution in [0.3, 0.4) is 0 Å². The molecule has 0 spiro atoms. The Labute approximate surface area is 153 Å². The molecule has 5 heteroatoms. The quantitative estimate of drug-likeness (QED) is 0.873. The van der Waals surface area contributed by atoms with Crippen LogP contribution in [0.5, 0.6) is 0 Å². The molecule has 0 aromatic heterocycles. The first-order valence-corrected chi connectivity index (χ1v) is 9.03. The van der Waals surface area contributed by atoms with Crippen LogP contribution >= 0.6 is 11.6 Å². The number of nitrogens with zero attached hydrogens (tertiary/aromatic N) is 1. The Morgan fingerprint density at radius 3 is 2.64 bits per heavy atom. The molecular weight excluding hydrogens is 336 g/mol. The number of aliphatic hydroxyl groups is 1. The number of piperidine rings is 1. The largest absolute Gasteiger partial charge is 0.391 e.